The van der Waals surface area contributed by atoms with E-state index in [0.717, 1.165) is 5.39 Å². The van der Waals surface area contributed by atoms with Crippen LogP contribution in [-0.2, 0) is 9.47 Å². The van der Waals surface area contributed by atoms with Crippen molar-refractivity contribution in [2.75, 3.05) is 24.7 Å². The predicted molar refractivity (Wildman–Crippen MR) is 142 cm³/mol. The highest BCUT2D eigenvalue weighted by Crippen LogP contribution is 2.36. The lowest BCUT2D eigenvalue weighted by Crippen LogP contribution is -2.20. The van der Waals surface area contributed by atoms with E-state index in [-0.39, 0.29) is 32.8 Å². The summed E-state index contributed by atoms with van der Waals surface area (Å²) in [4.78, 5) is 16.2. The molecule has 2 saturated heterocycles. The van der Waals surface area contributed by atoms with Gasteiger partial charge in [-0.05, 0) is 28.1 Å². The molecule has 38 heavy (non-hydrogen) atoms. The SMILES string of the molecule is C.Nc1ncnc2c1cc(Br)n2[C@@H]1O[C@H](CO)C[C@H]1O.Nc1ncnc2c1ccn2[C@@H]1O[C@H](CO)C[C@H]1O. The van der Waals surface area contributed by atoms with Gasteiger partial charge in [0, 0.05) is 19.0 Å². The summed E-state index contributed by atoms with van der Waals surface area (Å²) in [6.07, 6.45) is 2.04. The van der Waals surface area contributed by atoms with E-state index in [9.17, 15) is 10.2 Å². The summed E-state index contributed by atoms with van der Waals surface area (Å²) in [6, 6.07) is 3.57. The van der Waals surface area contributed by atoms with Crippen molar-refractivity contribution in [3.63, 3.8) is 0 Å². The van der Waals surface area contributed by atoms with Crippen LogP contribution in [0.15, 0.2) is 35.6 Å². The van der Waals surface area contributed by atoms with Crippen LogP contribution in [0.2, 0.25) is 0 Å². The summed E-state index contributed by atoms with van der Waals surface area (Å²) >= 11 is 3.41. The zero-order valence-electron chi connectivity index (χ0n) is 19.5. The fraction of sp³-hybridized carbons (Fsp3) is 0.478. The van der Waals surface area contributed by atoms with Crippen LogP contribution in [0, 0.1) is 0 Å². The van der Waals surface area contributed by atoms with Crippen LogP contribution >= 0.6 is 15.9 Å². The van der Waals surface area contributed by atoms with Crippen molar-refractivity contribution in [1.29, 1.82) is 0 Å². The highest BCUT2D eigenvalue weighted by molar-refractivity contribution is 9.10. The first-order valence-corrected chi connectivity index (χ1v) is 12.3. The number of rotatable bonds is 4. The number of nitrogens with zero attached hydrogens (tertiary/aromatic N) is 6. The van der Waals surface area contributed by atoms with Gasteiger partial charge in [-0.3, -0.25) is 4.57 Å². The van der Waals surface area contributed by atoms with Gasteiger partial charge in [-0.15, -0.1) is 0 Å². The maximum absolute atomic E-state index is 10.1. The first kappa shape index (κ1) is 28.1. The van der Waals surface area contributed by atoms with E-state index >= 15 is 0 Å². The maximum Gasteiger partial charge on any atom is 0.162 e. The minimum atomic E-state index is -0.708. The van der Waals surface area contributed by atoms with Gasteiger partial charge in [0.2, 0.25) is 0 Å². The molecule has 2 aliphatic rings. The number of hydrogen-bond donors (Lipinski definition) is 6. The Hall–Kier alpha value is -2.92. The van der Waals surface area contributed by atoms with Crippen molar-refractivity contribution in [3.05, 3.63) is 35.6 Å². The van der Waals surface area contributed by atoms with Gasteiger partial charge >= 0.3 is 0 Å². The van der Waals surface area contributed by atoms with Crippen LogP contribution in [0.4, 0.5) is 11.6 Å². The topological polar surface area (TPSA) is 213 Å². The van der Waals surface area contributed by atoms with E-state index < -0.39 is 24.7 Å². The van der Waals surface area contributed by atoms with Crippen LogP contribution < -0.4 is 11.5 Å². The van der Waals surface area contributed by atoms with Gasteiger partial charge in [0.15, 0.2) is 12.5 Å². The molecular weight excluding hydrogens is 564 g/mol. The number of nitrogens with two attached hydrogens (primary N) is 2. The molecule has 2 fully saturated rings. The molecule has 0 spiro atoms. The van der Waals surface area contributed by atoms with Crippen molar-refractivity contribution in [3.8, 4) is 0 Å². The molecule has 4 aromatic heterocycles. The first-order valence-electron chi connectivity index (χ1n) is 11.5. The second-order valence-electron chi connectivity index (χ2n) is 8.82. The molecule has 6 rings (SSSR count). The average molecular weight is 595 g/mol. The quantitative estimate of drug-likeness (QED) is 0.193. The molecule has 0 radical (unpaired) electrons. The zero-order valence-corrected chi connectivity index (χ0v) is 21.1. The summed E-state index contributed by atoms with van der Waals surface area (Å²) in [5.74, 6) is 0.764. The van der Waals surface area contributed by atoms with Gasteiger partial charge in [0.25, 0.3) is 0 Å². The molecule has 8 N–H and O–H groups in total. The fourth-order valence-corrected chi connectivity index (χ4v) is 5.23. The number of aliphatic hydroxyl groups is 4. The van der Waals surface area contributed by atoms with E-state index in [2.05, 4.69) is 35.9 Å². The maximum atomic E-state index is 10.1. The minimum absolute atomic E-state index is 0. The number of nitrogen functional groups attached to an aromatic ring is 2. The van der Waals surface area contributed by atoms with E-state index in [0.29, 0.717) is 45.8 Å². The fourth-order valence-electron chi connectivity index (χ4n) is 4.63. The van der Waals surface area contributed by atoms with Crippen molar-refractivity contribution < 1.29 is 29.9 Å². The highest BCUT2D eigenvalue weighted by atomic mass is 79.9. The van der Waals surface area contributed by atoms with Crippen molar-refractivity contribution in [1.82, 2.24) is 29.1 Å². The summed E-state index contributed by atoms with van der Waals surface area (Å²) in [5.41, 5.74) is 12.7. The normalized spacial score (nSPS) is 26.9. The van der Waals surface area contributed by atoms with Gasteiger partial charge in [0.05, 0.1) is 40.8 Å². The monoisotopic (exact) mass is 594 g/mol. The van der Waals surface area contributed by atoms with Crippen LogP contribution in [0.5, 0.6) is 0 Å². The number of fused-ring (bicyclic) bond motifs is 2. The Bertz CT molecular complexity index is 1400. The van der Waals surface area contributed by atoms with Gasteiger partial charge < -0.3 is 45.9 Å². The van der Waals surface area contributed by atoms with Crippen molar-refractivity contribution in [2.24, 2.45) is 0 Å². The number of ether oxygens (including phenoxy) is 2. The number of hydrogen-bond acceptors (Lipinski definition) is 12. The Labute approximate surface area is 226 Å². The Balaban J connectivity index is 0.000000173. The average Bonchev–Trinajstić information content (AvgIpc) is 3.64. The molecule has 0 amide bonds. The molecule has 0 aliphatic carbocycles. The van der Waals surface area contributed by atoms with Crippen LogP contribution in [0.25, 0.3) is 22.1 Å². The van der Waals surface area contributed by atoms with Gasteiger partial charge in [0.1, 0.15) is 47.8 Å². The van der Waals surface area contributed by atoms with Gasteiger partial charge in [-0.2, -0.15) is 0 Å². The molecule has 0 saturated carbocycles. The molecular formula is C23H31BrN8O6. The molecule has 6 atom stereocenters. The Morgan fingerprint density at radius 1 is 0.868 bits per heavy atom. The smallest absolute Gasteiger partial charge is 0.162 e. The number of aliphatic hydroxyl groups excluding tert-OH is 4. The van der Waals surface area contributed by atoms with E-state index in [1.165, 1.54) is 12.7 Å². The van der Waals surface area contributed by atoms with Gasteiger partial charge in [-0.1, -0.05) is 7.43 Å². The zero-order chi connectivity index (χ0) is 26.3. The van der Waals surface area contributed by atoms with Crippen LogP contribution in [0.1, 0.15) is 32.7 Å². The highest BCUT2D eigenvalue weighted by Gasteiger charge is 2.37. The van der Waals surface area contributed by atoms with E-state index in [4.69, 9.17) is 31.2 Å². The molecule has 0 aromatic carbocycles. The Morgan fingerprint density at radius 3 is 2.03 bits per heavy atom. The summed E-state index contributed by atoms with van der Waals surface area (Å²) in [5, 5.41) is 39.6. The van der Waals surface area contributed by atoms with Crippen LogP contribution in [0.3, 0.4) is 0 Å². The molecule has 6 heterocycles. The molecule has 15 heteroatoms. The third-order valence-electron chi connectivity index (χ3n) is 6.42. The molecule has 0 unspecified atom stereocenters. The minimum Gasteiger partial charge on any atom is -0.394 e. The summed E-state index contributed by atoms with van der Waals surface area (Å²) in [6.45, 7) is -0.231. The second-order valence-corrected chi connectivity index (χ2v) is 9.63. The standard InChI is InChI=1S/C11H13BrN4O3.C11H14N4O3.CH4/c12-8-2-6-9(13)14-4-15-10(6)16(8)11-7(18)1-5(3-17)19-11;12-9-7-1-2-15(10(7)14-5-13-9)11-8(17)3-6(4-16)18-11;/h2,4-5,7,11,17-18H,1,3H2,(H2,13,14,15);1-2,5-6,8,11,16-17H,3-4H2,(H2,12,13,14);1H4/t5-,7+,11+;6-,8+,11+;/m00./s1. The lowest BCUT2D eigenvalue weighted by molar-refractivity contribution is -0.0494. The summed E-state index contributed by atoms with van der Waals surface area (Å²) in [7, 11) is 0. The van der Waals surface area contributed by atoms with Crippen molar-refractivity contribution >= 4 is 49.6 Å². The molecule has 206 valence electrons. The van der Waals surface area contributed by atoms with Crippen molar-refractivity contribution in [2.45, 2.75) is 57.1 Å². The Morgan fingerprint density at radius 2 is 1.42 bits per heavy atom. The third-order valence-corrected chi connectivity index (χ3v) is 7.03. The molecule has 2 aliphatic heterocycles. The predicted octanol–water partition coefficient (Wildman–Crippen LogP) is 0.707. The number of halogens is 1. The Kier molecular flexibility index (Phi) is 8.46. The van der Waals surface area contributed by atoms with E-state index in [1.807, 2.05) is 0 Å². The lowest BCUT2D eigenvalue weighted by Gasteiger charge is -2.18. The molecule has 14 nitrogen and oxygen atoms in total. The number of aromatic nitrogens is 6. The van der Waals surface area contributed by atoms with E-state index in [1.54, 1.807) is 27.5 Å². The molecule has 4 aromatic rings. The summed E-state index contributed by atoms with van der Waals surface area (Å²) < 4.78 is 15.3. The second kappa shape index (κ2) is 11.4. The largest absolute Gasteiger partial charge is 0.394 e. The number of anilines is 2. The third kappa shape index (κ3) is 5.05. The van der Waals surface area contributed by atoms with Crippen LogP contribution in [-0.4, -0.2) is 87.1 Å². The molecule has 0 bridgehead atoms. The lowest BCUT2D eigenvalue weighted by atomic mass is 10.2. The van der Waals surface area contributed by atoms with Gasteiger partial charge in [-0.25, -0.2) is 19.9 Å². The first-order chi connectivity index (χ1) is 17.8.